The zero-order valence-electron chi connectivity index (χ0n) is 15.3. The van der Waals surface area contributed by atoms with Gasteiger partial charge in [0.2, 0.25) is 5.91 Å². The Bertz CT molecular complexity index is 1150. The second kappa shape index (κ2) is 9.09. The number of carbonyl (C=O) groups is 1. The van der Waals surface area contributed by atoms with Crippen molar-refractivity contribution in [3.63, 3.8) is 0 Å². The largest absolute Gasteiger partial charge is 0.339 e. The Morgan fingerprint density at radius 2 is 1.83 bits per heavy atom. The summed E-state index contributed by atoms with van der Waals surface area (Å²) in [5.74, 6) is -0.735. The van der Waals surface area contributed by atoms with E-state index in [1.54, 1.807) is 17.5 Å². The van der Waals surface area contributed by atoms with Gasteiger partial charge in [0.05, 0.1) is 36.7 Å². The molecule has 0 radical (unpaired) electrons. The summed E-state index contributed by atoms with van der Waals surface area (Å²) < 4.78 is 14.4. The Labute approximate surface area is 169 Å². The quantitative estimate of drug-likeness (QED) is 0.597. The Morgan fingerprint density at radius 1 is 1.17 bits per heavy atom. The summed E-state index contributed by atoms with van der Waals surface area (Å²) in [6.45, 7) is 0.152. The first-order valence-electron chi connectivity index (χ1n) is 8.79. The van der Waals surface area contributed by atoms with Gasteiger partial charge in [0.15, 0.2) is 0 Å². The van der Waals surface area contributed by atoms with Gasteiger partial charge in [-0.2, -0.15) is 10.5 Å². The summed E-state index contributed by atoms with van der Waals surface area (Å²) in [6.07, 6.45) is 1.60. The van der Waals surface area contributed by atoms with Crippen LogP contribution < -0.4 is 5.56 Å². The van der Waals surface area contributed by atoms with Gasteiger partial charge in [0.1, 0.15) is 17.2 Å². The van der Waals surface area contributed by atoms with E-state index in [9.17, 15) is 14.0 Å². The minimum absolute atomic E-state index is 0.141. The molecule has 1 aromatic carbocycles. The van der Waals surface area contributed by atoms with Crippen LogP contribution in [0.25, 0.3) is 21.3 Å². The van der Waals surface area contributed by atoms with E-state index >= 15 is 0 Å². The number of thiophene rings is 1. The van der Waals surface area contributed by atoms with Crippen molar-refractivity contribution >= 4 is 27.5 Å². The molecule has 0 bridgehead atoms. The van der Waals surface area contributed by atoms with Crippen LogP contribution in [0.4, 0.5) is 4.39 Å². The molecule has 1 amide bonds. The maximum Gasteiger partial charge on any atom is 0.263 e. The van der Waals surface area contributed by atoms with Crippen molar-refractivity contribution in [2.45, 2.75) is 19.4 Å². The molecule has 0 N–H and O–H groups in total. The summed E-state index contributed by atoms with van der Waals surface area (Å²) in [5, 5.41) is 19.7. The number of rotatable bonds is 7. The lowest BCUT2D eigenvalue weighted by atomic mass is 10.1. The third kappa shape index (κ3) is 4.48. The highest BCUT2D eigenvalue weighted by Gasteiger charge is 2.18. The average molecular weight is 409 g/mol. The molecule has 0 unspecified atom stereocenters. The van der Waals surface area contributed by atoms with E-state index in [1.165, 1.54) is 39.3 Å². The third-order valence-corrected chi connectivity index (χ3v) is 5.25. The molecular formula is C20H16FN5O2S. The van der Waals surface area contributed by atoms with E-state index in [4.69, 9.17) is 10.5 Å². The highest BCUT2D eigenvalue weighted by Crippen LogP contribution is 2.30. The minimum Gasteiger partial charge on any atom is -0.339 e. The van der Waals surface area contributed by atoms with Crippen molar-refractivity contribution < 1.29 is 9.18 Å². The number of nitrogens with zero attached hydrogens (tertiary/aromatic N) is 5. The van der Waals surface area contributed by atoms with E-state index in [0.717, 1.165) is 0 Å². The predicted molar refractivity (Wildman–Crippen MR) is 106 cm³/mol. The summed E-state index contributed by atoms with van der Waals surface area (Å²) in [5.41, 5.74) is 0.949. The Balaban J connectivity index is 1.93. The van der Waals surface area contributed by atoms with Crippen molar-refractivity contribution in [1.29, 1.82) is 10.5 Å². The molecule has 3 aromatic rings. The van der Waals surface area contributed by atoms with E-state index in [1.807, 2.05) is 12.1 Å². The van der Waals surface area contributed by atoms with Gasteiger partial charge >= 0.3 is 0 Å². The number of hydrogen-bond donors (Lipinski definition) is 0. The molecular weight excluding hydrogens is 393 g/mol. The molecule has 2 heterocycles. The lowest BCUT2D eigenvalue weighted by molar-refractivity contribution is -0.131. The summed E-state index contributed by atoms with van der Waals surface area (Å²) in [6, 6.07) is 9.76. The fourth-order valence-corrected chi connectivity index (χ4v) is 3.81. The molecule has 0 atom stereocenters. The zero-order chi connectivity index (χ0) is 20.8. The normalized spacial score (nSPS) is 10.4. The number of benzene rings is 1. The van der Waals surface area contributed by atoms with Crippen LogP contribution in [0, 0.1) is 28.5 Å². The van der Waals surface area contributed by atoms with Crippen molar-refractivity contribution in [2.75, 3.05) is 13.1 Å². The maximum absolute atomic E-state index is 13.2. The second-order valence-electron chi connectivity index (χ2n) is 6.21. The first-order valence-corrected chi connectivity index (χ1v) is 9.67. The summed E-state index contributed by atoms with van der Waals surface area (Å²) in [4.78, 5) is 31.8. The van der Waals surface area contributed by atoms with E-state index in [-0.39, 0.29) is 49.8 Å². The number of carbonyl (C=O) groups excluding carboxylic acids is 1. The molecule has 0 aliphatic carbocycles. The molecule has 0 aliphatic heterocycles. The smallest absolute Gasteiger partial charge is 0.263 e. The molecule has 29 heavy (non-hydrogen) atoms. The minimum atomic E-state index is -0.371. The molecule has 0 saturated carbocycles. The molecule has 9 heteroatoms. The number of amides is 1. The van der Waals surface area contributed by atoms with Crippen LogP contribution in [0.3, 0.4) is 0 Å². The highest BCUT2D eigenvalue weighted by atomic mass is 32.1. The van der Waals surface area contributed by atoms with E-state index in [0.29, 0.717) is 21.3 Å². The monoisotopic (exact) mass is 409 g/mol. The Kier molecular flexibility index (Phi) is 6.32. The van der Waals surface area contributed by atoms with Gasteiger partial charge in [-0.25, -0.2) is 9.37 Å². The number of halogens is 1. The van der Waals surface area contributed by atoms with Gasteiger partial charge in [-0.1, -0.05) is 12.1 Å². The number of fused-ring (bicyclic) bond motifs is 1. The van der Waals surface area contributed by atoms with Crippen molar-refractivity contribution in [3.8, 4) is 23.3 Å². The standard InChI is InChI=1S/C20H16FN5O2S/c21-15-5-3-14(4-6-15)16-12-29-19-18(16)20(28)26(13-24-19)11-17(27)25(9-1-7-22)10-2-8-23/h3-6,12-13H,1-2,9-11H2. The van der Waals surface area contributed by atoms with Crippen LogP contribution in [-0.4, -0.2) is 33.4 Å². The van der Waals surface area contributed by atoms with Crippen LogP contribution in [0.2, 0.25) is 0 Å². The second-order valence-corrected chi connectivity index (χ2v) is 7.07. The van der Waals surface area contributed by atoms with Crippen LogP contribution in [-0.2, 0) is 11.3 Å². The van der Waals surface area contributed by atoms with Gasteiger partial charge in [0.25, 0.3) is 5.56 Å². The van der Waals surface area contributed by atoms with E-state index < -0.39 is 0 Å². The Hall–Kier alpha value is -3.56. The summed E-state index contributed by atoms with van der Waals surface area (Å²) in [7, 11) is 0. The fraction of sp³-hybridized carbons (Fsp3) is 0.250. The van der Waals surface area contributed by atoms with Crippen LogP contribution in [0.1, 0.15) is 12.8 Å². The van der Waals surface area contributed by atoms with Gasteiger partial charge < -0.3 is 4.90 Å². The third-order valence-electron chi connectivity index (χ3n) is 4.36. The molecule has 2 aromatic heterocycles. The van der Waals surface area contributed by atoms with Crippen molar-refractivity contribution in [3.05, 3.63) is 52.1 Å². The fourth-order valence-electron chi connectivity index (χ4n) is 2.90. The topological polar surface area (TPSA) is 103 Å². The van der Waals surface area contributed by atoms with Crippen molar-refractivity contribution in [1.82, 2.24) is 14.5 Å². The lowest BCUT2D eigenvalue weighted by Crippen LogP contribution is -2.37. The molecule has 0 aliphatic rings. The summed E-state index contributed by atoms with van der Waals surface area (Å²) >= 11 is 1.30. The van der Waals surface area contributed by atoms with Gasteiger partial charge in [-0.3, -0.25) is 14.2 Å². The van der Waals surface area contributed by atoms with Gasteiger partial charge in [0, 0.05) is 24.0 Å². The molecule has 0 spiro atoms. The maximum atomic E-state index is 13.2. The van der Waals surface area contributed by atoms with Crippen LogP contribution in [0.5, 0.6) is 0 Å². The first kappa shape index (κ1) is 20.2. The van der Waals surface area contributed by atoms with E-state index in [2.05, 4.69) is 4.98 Å². The number of nitriles is 2. The predicted octanol–water partition coefficient (Wildman–Crippen LogP) is 2.92. The van der Waals surface area contributed by atoms with Crippen molar-refractivity contribution in [2.24, 2.45) is 0 Å². The molecule has 0 saturated heterocycles. The van der Waals surface area contributed by atoms with Crippen LogP contribution in [0.15, 0.2) is 40.8 Å². The van der Waals surface area contributed by atoms with Gasteiger partial charge in [-0.05, 0) is 17.7 Å². The Morgan fingerprint density at radius 3 is 2.45 bits per heavy atom. The molecule has 7 nitrogen and oxygen atoms in total. The molecule has 3 rings (SSSR count). The highest BCUT2D eigenvalue weighted by molar-refractivity contribution is 7.17. The van der Waals surface area contributed by atoms with Gasteiger partial charge in [-0.15, -0.1) is 11.3 Å². The number of hydrogen-bond acceptors (Lipinski definition) is 6. The SMILES string of the molecule is N#CCCN(CCC#N)C(=O)Cn1cnc2scc(-c3ccc(F)cc3)c2c1=O. The zero-order valence-corrected chi connectivity index (χ0v) is 16.2. The van der Waals surface area contributed by atoms with Crippen LogP contribution >= 0.6 is 11.3 Å². The average Bonchev–Trinajstić information content (AvgIpc) is 3.15. The molecule has 146 valence electrons. The molecule has 0 fully saturated rings. The first-order chi connectivity index (χ1) is 14.0. The number of aromatic nitrogens is 2. The lowest BCUT2D eigenvalue weighted by Gasteiger charge is -2.20.